The van der Waals surface area contributed by atoms with Crippen LogP contribution in [0.15, 0.2) is 48.7 Å². The number of rotatable bonds is 11. The number of halogens is 4. The smallest absolute Gasteiger partial charge is 0.471 e. The second kappa shape index (κ2) is 12.1. The van der Waals surface area contributed by atoms with Crippen LogP contribution in [0.3, 0.4) is 0 Å². The summed E-state index contributed by atoms with van der Waals surface area (Å²) in [6.07, 6.45) is -3.62. The van der Waals surface area contributed by atoms with E-state index in [2.05, 4.69) is 25.4 Å². The van der Waals surface area contributed by atoms with Gasteiger partial charge in [0.25, 0.3) is 0 Å². The van der Waals surface area contributed by atoms with Crippen LogP contribution in [0, 0.1) is 6.57 Å². The Balaban J connectivity index is 1.80. The molecule has 2 atom stereocenters. The molecule has 14 heteroatoms. The number of carbonyl (C=O) groups is 1. The number of aromatic nitrogens is 5. The molecule has 1 amide bonds. The predicted molar refractivity (Wildman–Crippen MR) is 116 cm³/mol. The third-order valence-corrected chi connectivity index (χ3v) is 4.78. The highest BCUT2D eigenvalue weighted by atomic mass is 35.5. The van der Waals surface area contributed by atoms with Crippen LogP contribution in [-0.2, 0) is 16.1 Å². The summed E-state index contributed by atoms with van der Waals surface area (Å²) in [6.45, 7) is 6.61. The quantitative estimate of drug-likeness (QED) is 0.395. The van der Waals surface area contributed by atoms with Crippen molar-refractivity contribution in [1.82, 2.24) is 30.5 Å². The van der Waals surface area contributed by atoms with Crippen molar-refractivity contribution < 1.29 is 27.4 Å². The molecule has 0 aliphatic heterocycles. The lowest BCUT2D eigenvalue weighted by Gasteiger charge is -2.21. The Morgan fingerprint density at radius 3 is 2.74 bits per heavy atom. The zero-order valence-electron chi connectivity index (χ0n) is 18.0. The fraction of sp³-hybridized carbons (Fsp3) is 0.333. The van der Waals surface area contributed by atoms with Crippen molar-refractivity contribution in [1.29, 1.82) is 0 Å². The van der Waals surface area contributed by atoms with Crippen molar-refractivity contribution >= 4 is 17.5 Å². The third kappa shape index (κ3) is 7.62. The van der Waals surface area contributed by atoms with E-state index in [9.17, 15) is 18.0 Å². The Morgan fingerprint density at radius 2 is 2.06 bits per heavy atom. The van der Waals surface area contributed by atoms with Crippen LogP contribution in [0.1, 0.15) is 23.5 Å². The first-order chi connectivity index (χ1) is 16.8. The van der Waals surface area contributed by atoms with Gasteiger partial charge < -0.3 is 19.6 Å². The summed E-state index contributed by atoms with van der Waals surface area (Å²) in [5, 5.41) is 13.5. The van der Waals surface area contributed by atoms with Crippen molar-refractivity contribution in [2.24, 2.45) is 0 Å². The molecule has 0 aliphatic rings. The highest BCUT2D eigenvalue weighted by Crippen LogP contribution is 2.21. The van der Waals surface area contributed by atoms with Crippen molar-refractivity contribution in [3.05, 3.63) is 76.5 Å². The van der Waals surface area contributed by atoms with Crippen LogP contribution in [0.25, 0.3) is 4.85 Å². The number of tetrazole rings is 1. The Labute approximate surface area is 202 Å². The number of alkyl halides is 3. The molecule has 0 saturated heterocycles. The lowest BCUT2D eigenvalue weighted by Crippen LogP contribution is -2.42. The molecule has 3 rings (SSSR count). The van der Waals surface area contributed by atoms with E-state index >= 15 is 0 Å². The number of hydrogen-bond acceptors (Lipinski definition) is 7. The van der Waals surface area contributed by atoms with Gasteiger partial charge in [0, 0.05) is 17.3 Å². The number of amides is 1. The average molecular weight is 510 g/mol. The zero-order valence-corrected chi connectivity index (χ0v) is 18.8. The molecule has 0 spiro atoms. The van der Waals surface area contributed by atoms with Gasteiger partial charge in [-0.05, 0) is 34.2 Å². The molecule has 35 heavy (non-hydrogen) atoms. The second-order valence-electron chi connectivity index (χ2n) is 7.12. The summed E-state index contributed by atoms with van der Waals surface area (Å²) < 4.78 is 51.2. The Morgan fingerprint density at radius 1 is 1.23 bits per heavy atom. The van der Waals surface area contributed by atoms with E-state index in [4.69, 9.17) is 27.6 Å². The van der Waals surface area contributed by atoms with Gasteiger partial charge in [-0.1, -0.05) is 29.8 Å². The highest BCUT2D eigenvalue weighted by molar-refractivity contribution is 6.30. The van der Waals surface area contributed by atoms with Gasteiger partial charge >= 0.3 is 12.1 Å². The minimum absolute atomic E-state index is 0.00871. The lowest BCUT2D eigenvalue weighted by molar-refractivity contribution is -0.175. The molecule has 0 bridgehead atoms. The van der Waals surface area contributed by atoms with E-state index in [1.54, 1.807) is 42.5 Å². The van der Waals surface area contributed by atoms with E-state index in [0.29, 0.717) is 10.6 Å². The van der Waals surface area contributed by atoms with Gasteiger partial charge in [-0.25, -0.2) is 16.2 Å². The summed E-state index contributed by atoms with van der Waals surface area (Å²) in [7, 11) is 0. The number of pyridine rings is 1. The van der Waals surface area contributed by atoms with Gasteiger partial charge in [-0.2, -0.15) is 13.2 Å². The van der Waals surface area contributed by atoms with Crippen LogP contribution in [-0.4, -0.2) is 57.0 Å². The average Bonchev–Trinajstić information content (AvgIpc) is 3.31. The maximum Gasteiger partial charge on any atom is 0.471 e. The molecule has 184 valence electrons. The zero-order chi connectivity index (χ0) is 25.3. The third-order valence-electron chi connectivity index (χ3n) is 4.54. The van der Waals surface area contributed by atoms with Crippen LogP contribution in [0.5, 0.6) is 5.88 Å². The molecule has 0 radical (unpaired) electrons. The molecule has 1 N–H and O–H groups in total. The van der Waals surface area contributed by atoms with Gasteiger partial charge in [0.2, 0.25) is 12.4 Å². The molecule has 1 aromatic carbocycles. The summed E-state index contributed by atoms with van der Waals surface area (Å²) >= 11 is 5.94. The highest BCUT2D eigenvalue weighted by Gasteiger charge is 2.41. The Bertz CT molecular complexity index is 1150. The van der Waals surface area contributed by atoms with E-state index in [-0.39, 0.29) is 38.1 Å². The largest absolute Gasteiger partial charge is 0.475 e. The summed E-state index contributed by atoms with van der Waals surface area (Å²) in [5.74, 6) is -2.04. The van der Waals surface area contributed by atoms with Gasteiger partial charge in [-0.3, -0.25) is 4.79 Å². The number of carbonyl (C=O) groups excluding carboxylic acids is 1. The van der Waals surface area contributed by atoms with E-state index in [1.165, 1.54) is 6.20 Å². The fourth-order valence-electron chi connectivity index (χ4n) is 2.95. The molecular formula is C21H19ClF3N7O3. The van der Waals surface area contributed by atoms with Gasteiger partial charge in [0.1, 0.15) is 12.6 Å². The van der Waals surface area contributed by atoms with Crippen LogP contribution < -0.4 is 10.1 Å². The number of benzene rings is 1. The molecular weight excluding hydrogens is 491 g/mol. The van der Waals surface area contributed by atoms with Crippen LogP contribution >= 0.6 is 11.6 Å². The van der Waals surface area contributed by atoms with Crippen molar-refractivity contribution in [3.8, 4) is 5.88 Å². The summed E-state index contributed by atoms with van der Waals surface area (Å²) in [4.78, 5) is 19.1. The molecule has 2 aromatic heterocycles. The molecule has 0 aliphatic carbocycles. The second-order valence-corrected chi connectivity index (χ2v) is 7.56. The molecule has 3 aromatic rings. The van der Waals surface area contributed by atoms with Gasteiger partial charge in [0.05, 0.1) is 13.2 Å². The number of ether oxygens (including phenoxy) is 2. The predicted octanol–water partition coefficient (Wildman–Crippen LogP) is 3.20. The number of hydrogen-bond donors (Lipinski definition) is 1. The molecule has 0 unspecified atom stereocenters. The SMILES string of the molecule is [C-]#[N+]C[C@H](COc1ccccn1)n1nnnc1[C@H](COCc1cccc(Cl)c1)NC(=O)C(F)(F)F. The maximum absolute atomic E-state index is 13.0. The monoisotopic (exact) mass is 509 g/mol. The van der Waals surface area contributed by atoms with E-state index in [1.807, 2.05) is 5.32 Å². The first-order valence-electron chi connectivity index (χ1n) is 10.1. The first kappa shape index (κ1) is 25.9. The summed E-state index contributed by atoms with van der Waals surface area (Å²) in [5.41, 5.74) is 0.674. The van der Waals surface area contributed by atoms with Crippen LogP contribution in [0.4, 0.5) is 13.2 Å². The van der Waals surface area contributed by atoms with Crippen molar-refractivity contribution in [2.75, 3.05) is 19.8 Å². The minimum atomic E-state index is -5.14. The fourth-order valence-corrected chi connectivity index (χ4v) is 3.17. The van der Waals surface area contributed by atoms with E-state index in [0.717, 1.165) is 4.68 Å². The van der Waals surface area contributed by atoms with Gasteiger partial charge in [0.15, 0.2) is 11.9 Å². The maximum atomic E-state index is 13.0. The molecule has 0 saturated carbocycles. The molecule has 10 nitrogen and oxygen atoms in total. The number of nitrogens with zero attached hydrogens (tertiary/aromatic N) is 6. The normalized spacial score (nSPS) is 13.0. The van der Waals surface area contributed by atoms with Crippen LogP contribution in [0.2, 0.25) is 5.02 Å². The minimum Gasteiger partial charge on any atom is -0.475 e. The molecule has 2 heterocycles. The molecule has 0 fully saturated rings. The Kier molecular flexibility index (Phi) is 8.93. The standard InChI is InChI=1S/C21H19ClF3N7O3/c1-26-10-16(12-35-18-7-2-3-8-27-18)32-19(29-30-31-32)17(28-20(33)21(23,24)25)13-34-11-14-5-4-6-15(22)9-14/h2-9,16-17H,10-13H2,(H,28,33)/t16-,17+/m1/s1. The van der Waals surface area contributed by atoms with Crippen molar-refractivity contribution in [3.63, 3.8) is 0 Å². The Hall–Kier alpha value is -3.76. The lowest BCUT2D eigenvalue weighted by atomic mass is 10.2. The summed E-state index contributed by atoms with van der Waals surface area (Å²) in [6, 6.07) is 9.56. The topological polar surface area (TPSA) is 108 Å². The van der Waals surface area contributed by atoms with Gasteiger partial charge in [-0.15, -0.1) is 5.10 Å². The van der Waals surface area contributed by atoms with E-state index < -0.39 is 24.2 Å². The first-order valence-corrected chi connectivity index (χ1v) is 10.5. The number of nitrogens with one attached hydrogen (secondary N) is 1. The van der Waals surface area contributed by atoms with Crippen molar-refractivity contribution in [2.45, 2.75) is 24.9 Å².